The summed E-state index contributed by atoms with van der Waals surface area (Å²) in [6, 6.07) is 8.35. The average molecular weight is 452 g/mol. The molecule has 0 bridgehead atoms. The van der Waals surface area contributed by atoms with Crippen molar-refractivity contribution in [1.82, 2.24) is 4.31 Å². The topological polar surface area (TPSA) is 110 Å². The predicted octanol–water partition coefficient (Wildman–Crippen LogP) is 4.37. The highest BCUT2D eigenvalue weighted by Gasteiger charge is 2.27. The van der Waals surface area contributed by atoms with E-state index < -0.39 is 20.9 Å². The van der Waals surface area contributed by atoms with Crippen LogP contribution in [0.2, 0.25) is 5.02 Å². The first-order valence-corrected chi connectivity index (χ1v) is 11.4. The average Bonchev–Trinajstić information content (AvgIpc) is 2.99. The molecule has 0 radical (unpaired) electrons. The summed E-state index contributed by atoms with van der Waals surface area (Å²) in [5.74, 6) is -0.642. The maximum atomic E-state index is 13.0. The van der Waals surface area contributed by atoms with Crippen LogP contribution in [-0.2, 0) is 10.0 Å². The summed E-state index contributed by atoms with van der Waals surface area (Å²) in [7, 11) is -3.75. The van der Waals surface area contributed by atoms with E-state index in [1.54, 1.807) is 0 Å². The molecule has 0 spiro atoms. The lowest BCUT2D eigenvalue weighted by atomic mass is 10.1. The second kappa shape index (κ2) is 9.11. The summed E-state index contributed by atoms with van der Waals surface area (Å²) in [5, 5.41) is 13.8. The van der Waals surface area contributed by atoms with Gasteiger partial charge in [-0.05, 0) is 44.0 Å². The normalized spacial score (nSPS) is 15.4. The Hall–Kier alpha value is -2.49. The second-order valence-electron chi connectivity index (χ2n) is 7.12. The minimum Gasteiger partial charge on any atom is -0.321 e. The van der Waals surface area contributed by atoms with Crippen LogP contribution in [0, 0.1) is 17.0 Å². The van der Waals surface area contributed by atoms with Crippen molar-refractivity contribution in [3.8, 4) is 0 Å². The van der Waals surface area contributed by atoms with Crippen molar-refractivity contribution < 1.29 is 18.1 Å². The first kappa shape index (κ1) is 22.2. The quantitative estimate of drug-likeness (QED) is 0.536. The van der Waals surface area contributed by atoms with Crippen LogP contribution in [-0.4, -0.2) is 36.6 Å². The van der Waals surface area contributed by atoms with Crippen LogP contribution in [0.25, 0.3) is 0 Å². The van der Waals surface area contributed by atoms with Gasteiger partial charge in [0.25, 0.3) is 11.6 Å². The van der Waals surface area contributed by atoms with Crippen LogP contribution in [0.5, 0.6) is 0 Å². The van der Waals surface area contributed by atoms with Gasteiger partial charge >= 0.3 is 0 Å². The standard InChI is InChI=1S/C20H22ClN3O5S/c1-14-18(7-6-8-19(14)24(26)27)22-20(25)16-13-15(9-10-17(16)21)30(28,29)23-11-4-2-3-5-12-23/h6-10,13H,2-5,11-12H2,1H3,(H,22,25). The summed E-state index contributed by atoms with van der Waals surface area (Å²) in [6.45, 7) is 2.41. The van der Waals surface area contributed by atoms with Gasteiger partial charge in [0, 0.05) is 19.2 Å². The van der Waals surface area contributed by atoms with Crippen LogP contribution >= 0.6 is 11.6 Å². The number of benzene rings is 2. The smallest absolute Gasteiger partial charge is 0.274 e. The van der Waals surface area contributed by atoms with E-state index in [9.17, 15) is 23.3 Å². The molecule has 10 heteroatoms. The van der Waals surface area contributed by atoms with Gasteiger partial charge in [0.1, 0.15) is 0 Å². The minimum atomic E-state index is -3.75. The first-order valence-electron chi connectivity index (χ1n) is 9.57. The van der Waals surface area contributed by atoms with Crippen molar-refractivity contribution in [3.63, 3.8) is 0 Å². The molecule has 1 N–H and O–H groups in total. The Kier molecular flexibility index (Phi) is 6.74. The van der Waals surface area contributed by atoms with Crippen molar-refractivity contribution in [1.29, 1.82) is 0 Å². The number of rotatable bonds is 5. The number of nitro benzene ring substituents is 1. The molecule has 1 aliphatic heterocycles. The van der Waals surface area contributed by atoms with Gasteiger partial charge in [0.05, 0.1) is 31.7 Å². The summed E-state index contributed by atoms with van der Waals surface area (Å²) in [4.78, 5) is 23.4. The zero-order valence-corrected chi connectivity index (χ0v) is 18.0. The number of carbonyl (C=O) groups excluding carboxylic acids is 1. The van der Waals surface area contributed by atoms with E-state index in [-0.39, 0.29) is 26.9 Å². The molecular formula is C20H22ClN3O5S. The van der Waals surface area contributed by atoms with Crippen LogP contribution in [0.15, 0.2) is 41.3 Å². The SMILES string of the molecule is Cc1c(NC(=O)c2cc(S(=O)(=O)N3CCCCCC3)ccc2Cl)cccc1[N+](=O)[O-]. The van der Waals surface area contributed by atoms with Gasteiger partial charge < -0.3 is 5.32 Å². The van der Waals surface area contributed by atoms with Gasteiger partial charge in [-0.25, -0.2) is 8.42 Å². The second-order valence-corrected chi connectivity index (χ2v) is 9.47. The van der Waals surface area contributed by atoms with E-state index in [2.05, 4.69) is 5.32 Å². The van der Waals surface area contributed by atoms with Gasteiger partial charge in [-0.2, -0.15) is 4.31 Å². The van der Waals surface area contributed by atoms with Crippen molar-refractivity contribution in [2.75, 3.05) is 18.4 Å². The number of halogens is 1. The Balaban J connectivity index is 1.91. The fraction of sp³-hybridized carbons (Fsp3) is 0.350. The summed E-state index contributed by atoms with van der Waals surface area (Å²) >= 11 is 6.16. The van der Waals surface area contributed by atoms with E-state index >= 15 is 0 Å². The molecule has 1 amide bonds. The molecular weight excluding hydrogens is 430 g/mol. The lowest BCUT2D eigenvalue weighted by Crippen LogP contribution is -2.32. The Morgan fingerprint density at radius 1 is 1.13 bits per heavy atom. The van der Waals surface area contributed by atoms with Gasteiger partial charge in [-0.15, -0.1) is 0 Å². The largest absolute Gasteiger partial charge is 0.321 e. The number of anilines is 1. The summed E-state index contributed by atoms with van der Waals surface area (Å²) < 4.78 is 27.5. The molecule has 1 heterocycles. The number of sulfonamides is 1. The fourth-order valence-corrected chi connectivity index (χ4v) is 5.16. The lowest BCUT2D eigenvalue weighted by Gasteiger charge is -2.20. The molecule has 0 atom stereocenters. The Morgan fingerprint density at radius 2 is 1.80 bits per heavy atom. The molecule has 0 unspecified atom stereocenters. The zero-order valence-electron chi connectivity index (χ0n) is 16.4. The van der Waals surface area contributed by atoms with Crippen molar-refractivity contribution in [2.24, 2.45) is 0 Å². The highest BCUT2D eigenvalue weighted by molar-refractivity contribution is 7.89. The van der Waals surface area contributed by atoms with Crippen LogP contribution in [0.3, 0.4) is 0 Å². The van der Waals surface area contributed by atoms with E-state index in [0.717, 1.165) is 25.7 Å². The third kappa shape index (κ3) is 4.63. The molecule has 3 rings (SSSR count). The van der Waals surface area contributed by atoms with E-state index in [4.69, 9.17) is 11.6 Å². The highest BCUT2D eigenvalue weighted by atomic mass is 35.5. The fourth-order valence-electron chi connectivity index (χ4n) is 3.42. The number of nitro groups is 1. The van der Waals surface area contributed by atoms with E-state index in [0.29, 0.717) is 18.7 Å². The molecule has 30 heavy (non-hydrogen) atoms. The molecule has 1 aliphatic rings. The predicted molar refractivity (Wildman–Crippen MR) is 114 cm³/mol. The Labute approximate surface area is 180 Å². The van der Waals surface area contributed by atoms with Gasteiger partial charge in [0.2, 0.25) is 10.0 Å². The molecule has 2 aromatic carbocycles. The highest BCUT2D eigenvalue weighted by Crippen LogP contribution is 2.28. The number of hydrogen-bond acceptors (Lipinski definition) is 5. The summed E-state index contributed by atoms with van der Waals surface area (Å²) in [5.41, 5.74) is 0.404. The minimum absolute atomic E-state index is 0.00489. The van der Waals surface area contributed by atoms with Crippen molar-refractivity contribution >= 4 is 38.9 Å². The number of nitrogens with one attached hydrogen (secondary N) is 1. The molecule has 1 saturated heterocycles. The molecule has 0 aliphatic carbocycles. The molecule has 160 valence electrons. The van der Waals surface area contributed by atoms with Crippen LogP contribution in [0.1, 0.15) is 41.6 Å². The number of nitrogens with zero attached hydrogens (tertiary/aromatic N) is 2. The molecule has 0 aromatic heterocycles. The number of carbonyl (C=O) groups is 1. The third-order valence-electron chi connectivity index (χ3n) is 5.14. The Morgan fingerprint density at radius 3 is 2.43 bits per heavy atom. The molecule has 8 nitrogen and oxygen atoms in total. The van der Waals surface area contributed by atoms with Crippen LogP contribution < -0.4 is 5.32 Å². The molecule has 1 fully saturated rings. The van der Waals surface area contributed by atoms with Crippen LogP contribution in [0.4, 0.5) is 11.4 Å². The number of hydrogen-bond donors (Lipinski definition) is 1. The first-order chi connectivity index (χ1) is 14.2. The molecule has 0 saturated carbocycles. The van der Waals surface area contributed by atoms with E-state index in [1.807, 2.05) is 0 Å². The maximum Gasteiger partial charge on any atom is 0.274 e. The zero-order chi connectivity index (χ0) is 21.9. The molecule has 2 aromatic rings. The van der Waals surface area contributed by atoms with Gasteiger partial charge in [-0.3, -0.25) is 14.9 Å². The third-order valence-corrected chi connectivity index (χ3v) is 7.36. The number of amides is 1. The van der Waals surface area contributed by atoms with Crippen molar-refractivity contribution in [2.45, 2.75) is 37.5 Å². The monoisotopic (exact) mass is 451 g/mol. The van der Waals surface area contributed by atoms with Crippen molar-refractivity contribution in [3.05, 3.63) is 62.7 Å². The van der Waals surface area contributed by atoms with E-state index in [1.165, 1.54) is 47.6 Å². The lowest BCUT2D eigenvalue weighted by molar-refractivity contribution is -0.385. The summed E-state index contributed by atoms with van der Waals surface area (Å²) in [6.07, 6.45) is 3.57. The maximum absolute atomic E-state index is 13.0. The Bertz CT molecular complexity index is 1080. The van der Waals surface area contributed by atoms with Gasteiger partial charge in [0.15, 0.2) is 0 Å². The van der Waals surface area contributed by atoms with Gasteiger partial charge in [-0.1, -0.05) is 30.5 Å².